The number of carbonyl (C=O) groups excluding carboxylic acids is 2. The number of nitrogens with two attached hydrogens (primary N) is 1. The second kappa shape index (κ2) is 8.58. The Hall–Kier alpha value is -4.13. The summed E-state index contributed by atoms with van der Waals surface area (Å²) in [5.74, 6) is 4.72. The molecule has 3 heterocycles. The lowest BCUT2D eigenvalue weighted by atomic mass is 10.1. The van der Waals surface area contributed by atoms with E-state index in [1.165, 1.54) is 12.1 Å². The van der Waals surface area contributed by atoms with E-state index in [1.54, 1.807) is 29.0 Å². The van der Waals surface area contributed by atoms with Crippen molar-refractivity contribution in [3.05, 3.63) is 53.8 Å². The van der Waals surface area contributed by atoms with E-state index in [9.17, 15) is 14.0 Å². The first kappa shape index (κ1) is 22.7. The van der Waals surface area contributed by atoms with Gasteiger partial charge in [0.1, 0.15) is 17.2 Å². The fourth-order valence-corrected chi connectivity index (χ4v) is 4.78. The third-order valence-electron chi connectivity index (χ3n) is 6.67. The van der Waals surface area contributed by atoms with Crippen LogP contribution in [0.3, 0.4) is 0 Å². The molecule has 10 heteroatoms. The summed E-state index contributed by atoms with van der Waals surface area (Å²) in [6.45, 7) is 5.92. The highest BCUT2D eigenvalue weighted by molar-refractivity contribution is 6.00. The SMILES string of the molecule is C=CC(=O)N1C[C@@H](n2nc(C#Cc3cc4ncn(C5CC5)c4cc3F)c(C(N)=O)c2NC)C[C@@H]1C. The number of rotatable bonds is 5. The molecule has 2 aromatic heterocycles. The number of hydrogen-bond acceptors (Lipinski definition) is 5. The van der Waals surface area contributed by atoms with Crippen LogP contribution in [0.5, 0.6) is 0 Å². The lowest BCUT2D eigenvalue weighted by Crippen LogP contribution is -2.32. The van der Waals surface area contributed by atoms with E-state index in [0.29, 0.717) is 30.3 Å². The third kappa shape index (κ3) is 3.93. The number of amides is 2. The Balaban J connectivity index is 1.52. The van der Waals surface area contributed by atoms with Crippen LogP contribution in [0.2, 0.25) is 0 Å². The Bertz CT molecular complexity index is 1420. The highest BCUT2D eigenvalue weighted by Gasteiger charge is 2.35. The van der Waals surface area contributed by atoms with Gasteiger partial charge >= 0.3 is 0 Å². The minimum atomic E-state index is -0.700. The van der Waals surface area contributed by atoms with E-state index < -0.39 is 11.7 Å². The van der Waals surface area contributed by atoms with Crippen molar-refractivity contribution in [3.63, 3.8) is 0 Å². The molecule has 2 atom stereocenters. The fourth-order valence-electron chi connectivity index (χ4n) is 4.78. The van der Waals surface area contributed by atoms with Crippen LogP contribution in [0.15, 0.2) is 31.1 Å². The smallest absolute Gasteiger partial charge is 0.255 e. The molecule has 0 radical (unpaired) electrons. The molecule has 1 saturated carbocycles. The highest BCUT2D eigenvalue weighted by Crippen LogP contribution is 2.37. The van der Waals surface area contributed by atoms with E-state index in [4.69, 9.17) is 5.73 Å². The molecule has 1 aromatic carbocycles. The molecule has 2 fully saturated rings. The zero-order chi connectivity index (χ0) is 24.9. The molecular weight excluding hydrogens is 449 g/mol. The Morgan fingerprint density at radius 2 is 2.06 bits per heavy atom. The average Bonchev–Trinajstić information content (AvgIpc) is 3.31. The zero-order valence-corrected chi connectivity index (χ0v) is 19.6. The highest BCUT2D eigenvalue weighted by atomic mass is 19.1. The molecule has 0 spiro atoms. The van der Waals surface area contributed by atoms with Crippen molar-refractivity contribution >= 4 is 28.7 Å². The van der Waals surface area contributed by atoms with Gasteiger partial charge < -0.3 is 20.5 Å². The maximum atomic E-state index is 14.9. The number of aromatic nitrogens is 4. The number of likely N-dealkylation sites (tertiary alicyclic amines) is 1. The van der Waals surface area contributed by atoms with Crippen LogP contribution in [-0.4, -0.2) is 55.7 Å². The van der Waals surface area contributed by atoms with Gasteiger partial charge in [-0.3, -0.25) is 9.59 Å². The summed E-state index contributed by atoms with van der Waals surface area (Å²) in [4.78, 5) is 30.6. The molecule has 0 bridgehead atoms. The predicted octanol–water partition coefficient (Wildman–Crippen LogP) is 2.60. The molecular formula is C25H26FN7O2. The van der Waals surface area contributed by atoms with E-state index in [-0.39, 0.29) is 34.8 Å². The van der Waals surface area contributed by atoms with Crippen LogP contribution in [0.25, 0.3) is 11.0 Å². The molecule has 0 unspecified atom stereocenters. The summed E-state index contributed by atoms with van der Waals surface area (Å²) in [7, 11) is 1.66. The minimum Gasteiger partial charge on any atom is -0.373 e. The Morgan fingerprint density at radius 1 is 1.29 bits per heavy atom. The molecule has 3 aromatic rings. The van der Waals surface area contributed by atoms with Crippen molar-refractivity contribution in [2.75, 3.05) is 18.9 Å². The van der Waals surface area contributed by atoms with E-state index >= 15 is 0 Å². The van der Waals surface area contributed by atoms with Crippen molar-refractivity contribution in [1.29, 1.82) is 0 Å². The van der Waals surface area contributed by atoms with Gasteiger partial charge in [0.25, 0.3) is 5.91 Å². The quantitative estimate of drug-likeness (QED) is 0.435. The number of halogens is 1. The first-order valence-electron chi connectivity index (χ1n) is 11.5. The Morgan fingerprint density at radius 3 is 2.71 bits per heavy atom. The van der Waals surface area contributed by atoms with E-state index in [0.717, 1.165) is 18.4 Å². The van der Waals surface area contributed by atoms with Crippen LogP contribution in [-0.2, 0) is 4.79 Å². The van der Waals surface area contributed by atoms with Gasteiger partial charge in [-0.05, 0) is 44.2 Å². The summed E-state index contributed by atoms with van der Waals surface area (Å²) in [6.07, 6.45) is 5.79. The van der Waals surface area contributed by atoms with Crippen LogP contribution in [0.4, 0.5) is 10.2 Å². The zero-order valence-electron chi connectivity index (χ0n) is 19.6. The number of anilines is 1. The van der Waals surface area contributed by atoms with Gasteiger partial charge in [-0.2, -0.15) is 5.10 Å². The van der Waals surface area contributed by atoms with Crippen LogP contribution >= 0.6 is 0 Å². The number of nitrogens with zero attached hydrogens (tertiary/aromatic N) is 5. The molecule has 1 saturated heterocycles. The van der Waals surface area contributed by atoms with Crippen molar-refractivity contribution in [1.82, 2.24) is 24.2 Å². The molecule has 9 nitrogen and oxygen atoms in total. The first-order chi connectivity index (χ1) is 16.8. The number of primary amides is 1. The van der Waals surface area contributed by atoms with Gasteiger partial charge in [0, 0.05) is 31.7 Å². The number of hydrogen-bond donors (Lipinski definition) is 2. The monoisotopic (exact) mass is 475 g/mol. The molecule has 1 aliphatic carbocycles. The van der Waals surface area contributed by atoms with Gasteiger partial charge in [-0.15, -0.1) is 0 Å². The largest absolute Gasteiger partial charge is 0.373 e. The van der Waals surface area contributed by atoms with Gasteiger partial charge in [0.05, 0.1) is 29.0 Å². The number of benzene rings is 1. The number of nitrogens with one attached hydrogen (secondary N) is 1. The standard InChI is InChI=1S/C25H26FN7O2/c1-4-22(34)31-12-17(9-14(31)2)33-25(28-3)23(24(27)35)19(30-33)8-5-15-10-20-21(11-18(15)26)32(13-29-20)16-6-7-16/h4,10-11,13-14,16-17,28H,1,6-7,9,12H2,2-3H3,(H2,27,35)/t14-,17-/m0/s1. The van der Waals surface area contributed by atoms with Gasteiger partial charge in [0.2, 0.25) is 5.91 Å². The number of carbonyl (C=O) groups is 2. The molecule has 180 valence electrons. The lowest BCUT2D eigenvalue weighted by molar-refractivity contribution is -0.126. The van der Waals surface area contributed by atoms with E-state index in [2.05, 4.69) is 33.8 Å². The predicted molar refractivity (Wildman–Crippen MR) is 129 cm³/mol. The molecule has 1 aliphatic heterocycles. The Kier molecular flexibility index (Phi) is 5.55. The van der Waals surface area contributed by atoms with Crippen LogP contribution in [0.1, 0.15) is 59.9 Å². The summed E-state index contributed by atoms with van der Waals surface area (Å²) < 4.78 is 18.5. The normalized spacial score (nSPS) is 19.5. The Labute approximate surface area is 201 Å². The van der Waals surface area contributed by atoms with E-state index in [1.807, 2.05) is 11.5 Å². The van der Waals surface area contributed by atoms with Gasteiger partial charge in [-0.1, -0.05) is 12.5 Å². The fraction of sp³-hybridized carbons (Fsp3) is 0.360. The molecule has 2 aliphatic rings. The first-order valence-corrected chi connectivity index (χ1v) is 11.5. The topological polar surface area (TPSA) is 111 Å². The maximum absolute atomic E-state index is 14.9. The summed E-state index contributed by atoms with van der Waals surface area (Å²) in [5.41, 5.74) is 7.50. The molecule has 3 N–H and O–H groups in total. The number of fused-ring (bicyclic) bond motifs is 1. The van der Waals surface area contributed by atoms with Gasteiger partial charge in [0.15, 0.2) is 5.69 Å². The molecule has 5 rings (SSSR count). The maximum Gasteiger partial charge on any atom is 0.255 e. The molecule has 35 heavy (non-hydrogen) atoms. The second-order valence-electron chi connectivity index (χ2n) is 9.02. The van der Waals surface area contributed by atoms with Crippen LogP contribution in [0, 0.1) is 17.7 Å². The third-order valence-corrected chi connectivity index (χ3v) is 6.67. The lowest BCUT2D eigenvalue weighted by Gasteiger charge is -2.19. The van der Waals surface area contributed by atoms with Crippen molar-refractivity contribution in [2.24, 2.45) is 5.73 Å². The van der Waals surface area contributed by atoms with Gasteiger partial charge in [-0.25, -0.2) is 14.1 Å². The minimum absolute atomic E-state index is 0.0257. The summed E-state index contributed by atoms with van der Waals surface area (Å²) >= 11 is 0. The summed E-state index contributed by atoms with van der Waals surface area (Å²) in [5, 5.41) is 7.54. The number of imidazole rings is 1. The van der Waals surface area contributed by atoms with Crippen molar-refractivity contribution in [2.45, 2.75) is 44.3 Å². The van der Waals surface area contributed by atoms with Crippen molar-refractivity contribution < 1.29 is 14.0 Å². The molecule has 2 amide bonds. The average molecular weight is 476 g/mol. The second-order valence-corrected chi connectivity index (χ2v) is 9.02. The summed E-state index contributed by atoms with van der Waals surface area (Å²) in [6, 6.07) is 3.22. The van der Waals surface area contributed by atoms with Crippen molar-refractivity contribution in [3.8, 4) is 11.8 Å². The van der Waals surface area contributed by atoms with Crippen LogP contribution < -0.4 is 11.1 Å².